The number of anilines is 2. The second kappa shape index (κ2) is 7.08. The number of aryl methyl sites for hydroxylation is 2. The van der Waals surface area contributed by atoms with Gasteiger partial charge in [-0.15, -0.1) is 0 Å². The molecule has 5 heteroatoms. The molecule has 1 N–H and O–H groups in total. The molecule has 3 aromatic rings. The van der Waals surface area contributed by atoms with Crippen molar-refractivity contribution in [1.82, 2.24) is 4.98 Å². The molecule has 1 amide bonds. The van der Waals surface area contributed by atoms with Gasteiger partial charge in [-0.3, -0.25) is 4.79 Å². The van der Waals surface area contributed by atoms with Crippen molar-refractivity contribution < 1.29 is 4.79 Å². The molecule has 4 nitrogen and oxygen atoms in total. The molecule has 0 spiro atoms. The van der Waals surface area contributed by atoms with Crippen molar-refractivity contribution in [2.24, 2.45) is 5.92 Å². The Bertz CT molecular complexity index is 888. The molecule has 1 aliphatic heterocycles. The zero-order chi connectivity index (χ0) is 18.1. The molecular formula is C21H23N3OS. The molecule has 1 saturated heterocycles. The highest BCUT2D eigenvalue weighted by Gasteiger charge is 2.26. The molecule has 0 saturated carbocycles. The van der Waals surface area contributed by atoms with Crippen LogP contribution >= 0.6 is 11.3 Å². The zero-order valence-electron chi connectivity index (χ0n) is 15.2. The van der Waals surface area contributed by atoms with Crippen molar-refractivity contribution in [2.75, 3.05) is 23.3 Å². The van der Waals surface area contributed by atoms with Crippen molar-refractivity contribution in [3.63, 3.8) is 0 Å². The maximum Gasteiger partial charge on any atom is 0.227 e. The van der Waals surface area contributed by atoms with E-state index in [1.54, 1.807) is 11.3 Å². The van der Waals surface area contributed by atoms with Gasteiger partial charge in [0.05, 0.1) is 10.2 Å². The fraction of sp³-hybridized carbons (Fsp3) is 0.333. The quantitative estimate of drug-likeness (QED) is 0.727. The van der Waals surface area contributed by atoms with Gasteiger partial charge < -0.3 is 10.2 Å². The van der Waals surface area contributed by atoms with E-state index in [1.165, 1.54) is 15.8 Å². The Morgan fingerprint density at radius 3 is 2.50 bits per heavy atom. The SMILES string of the molecule is Cc1cc(C)cc(NC(=O)C2CCN(c3nc4ccccc4s3)CC2)c1. The number of aromatic nitrogens is 1. The summed E-state index contributed by atoms with van der Waals surface area (Å²) in [6.07, 6.45) is 1.74. The third-order valence-electron chi connectivity index (χ3n) is 4.91. The number of amides is 1. The number of nitrogens with one attached hydrogen (secondary N) is 1. The van der Waals surface area contributed by atoms with E-state index >= 15 is 0 Å². The predicted molar refractivity (Wildman–Crippen MR) is 109 cm³/mol. The lowest BCUT2D eigenvalue weighted by atomic mass is 9.96. The van der Waals surface area contributed by atoms with Crippen LogP contribution in [0.15, 0.2) is 42.5 Å². The number of thiazole rings is 1. The van der Waals surface area contributed by atoms with Crippen LogP contribution in [0.25, 0.3) is 10.2 Å². The standard InChI is InChI=1S/C21H23N3OS/c1-14-11-15(2)13-17(12-14)22-20(25)16-7-9-24(10-8-16)21-23-18-5-3-4-6-19(18)26-21/h3-6,11-13,16H,7-10H2,1-2H3,(H,22,25). The smallest absolute Gasteiger partial charge is 0.227 e. The summed E-state index contributed by atoms with van der Waals surface area (Å²) < 4.78 is 1.22. The molecule has 1 fully saturated rings. The van der Waals surface area contributed by atoms with Crippen molar-refractivity contribution in [1.29, 1.82) is 0 Å². The fourth-order valence-corrected chi connectivity index (χ4v) is 4.64. The summed E-state index contributed by atoms with van der Waals surface area (Å²) in [6, 6.07) is 14.4. The van der Waals surface area contributed by atoms with Gasteiger partial charge in [0.2, 0.25) is 5.91 Å². The van der Waals surface area contributed by atoms with Crippen LogP contribution in [0.2, 0.25) is 0 Å². The lowest BCUT2D eigenvalue weighted by molar-refractivity contribution is -0.120. The highest BCUT2D eigenvalue weighted by Crippen LogP contribution is 2.31. The van der Waals surface area contributed by atoms with Gasteiger partial charge in [0.25, 0.3) is 0 Å². The number of carbonyl (C=O) groups excluding carboxylic acids is 1. The van der Waals surface area contributed by atoms with Crippen molar-refractivity contribution in [2.45, 2.75) is 26.7 Å². The van der Waals surface area contributed by atoms with Crippen molar-refractivity contribution >= 4 is 38.3 Å². The van der Waals surface area contributed by atoms with E-state index in [4.69, 9.17) is 4.98 Å². The average Bonchev–Trinajstić information content (AvgIpc) is 3.05. The van der Waals surface area contributed by atoms with Crippen molar-refractivity contribution in [3.05, 3.63) is 53.6 Å². The monoisotopic (exact) mass is 365 g/mol. The third kappa shape index (κ3) is 3.58. The predicted octanol–water partition coefficient (Wildman–Crippen LogP) is 4.77. The minimum absolute atomic E-state index is 0.0708. The Hall–Kier alpha value is -2.40. The van der Waals surface area contributed by atoms with E-state index in [0.29, 0.717) is 0 Å². The number of nitrogens with zero attached hydrogens (tertiary/aromatic N) is 2. The number of rotatable bonds is 3. The molecule has 0 atom stereocenters. The first-order chi connectivity index (χ1) is 12.6. The number of para-hydroxylation sites is 1. The molecule has 1 aromatic heterocycles. The van der Waals surface area contributed by atoms with Crippen molar-refractivity contribution in [3.8, 4) is 0 Å². The van der Waals surface area contributed by atoms with Gasteiger partial charge >= 0.3 is 0 Å². The highest BCUT2D eigenvalue weighted by atomic mass is 32.1. The van der Waals surface area contributed by atoms with Crippen LogP contribution in [-0.2, 0) is 4.79 Å². The van der Waals surface area contributed by atoms with Crippen LogP contribution in [0.3, 0.4) is 0 Å². The molecule has 0 radical (unpaired) electrons. The Labute approximate surface area is 157 Å². The van der Waals surface area contributed by atoms with Gasteiger partial charge in [0.1, 0.15) is 0 Å². The van der Waals surface area contributed by atoms with Gasteiger partial charge in [-0.25, -0.2) is 4.98 Å². The maximum atomic E-state index is 12.6. The molecule has 4 rings (SSSR count). The minimum Gasteiger partial charge on any atom is -0.348 e. The van der Waals surface area contributed by atoms with Crippen LogP contribution < -0.4 is 10.2 Å². The summed E-state index contributed by atoms with van der Waals surface area (Å²) in [6.45, 7) is 5.87. The first-order valence-electron chi connectivity index (χ1n) is 9.08. The van der Waals surface area contributed by atoms with Crippen LogP contribution in [0.1, 0.15) is 24.0 Å². The number of fused-ring (bicyclic) bond motifs is 1. The summed E-state index contributed by atoms with van der Waals surface area (Å²) in [7, 11) is 0. The Kier molecular flexibility index (Phi) is 4.64. The molecule has 1 aliphatic rings. The van der Waals surface area contributed by atoms with E-state index in [2.05, 4.69) is 42.3 Å². The molecule has 0 unspecified atom stereocenters. The summed E-state index contributed by atoms with van der Waals surface area (Å²) in [4.78, 5) is 19.7. The van der Waals surface area contributed by atoms with Crippen LogP contribution in [0, 0.1) is 19.8 Å². The van der Waals surface area contributed by atoms with Gasteiger partial charge in [-0.05, 0) is 62.1 Å². The number of carbonyl (C=O) groups is 1. The van der Waals surface area contributed by atoms with E-state index < -0.39 is 0 Å². The fourth-order valence-electron chi connectivity index (χ4n) is 3.62. The van der Waals surface area contributed by atoms with E-state index in [-0.39, 0.29) is 11.8 Å². The molecule has 2 heterocycles. The van der Waals surface area contributed by atoms with Gasteiger partial charge in [-0.2, -0.15) is 0 Å². The highest BCUT2D eigenvalue weighted by molar-refractivity contribution is 7.22. The van der Waals surface area contributed by atoms with Crippen LogP contribution in [0.4, 0.5) is 10.8 Å². The summed E-state index contributed by atoms with van der Waals surface area (Å²) in [5.41, 5.74) is 4.31. The molecule has 2 aromatic carbocycles. The Morgan fingerprint density at radius 2 is 1.81 bits per heavy atom. The van der Waals surface area contributed by atoms with Crippen LogP contribution in [-0.4, -0.2) is 24.0 Å². The largest absolute Gasteiger partial charge is 0.348 e. The molecule has 0 aliphatic carbocycles. The lowest BCUT2D eigenvalue weighted by Crippen LogP contribution is -2.38. The second-order valence-electron chi connectivity index (χ2n) is 7.09. The van der Waals surface area contributed by atoms with E-state index in [1.807, 2.05) is 24.3 Å². The molecular weight excluding hydrogens is 342 g/mol. The van der Waals surface area contributed by atoms with Gasteiger partial charge in [-0.1, -0.05) is 29.5 Å². The van der Waals surface area contributed by atoms with E-state index in [0.717, 1.165) is 42.3 Å². The number of hydrogen-bond acceptors (Lipinski definition) is 4. The number of hydrogen-bond donors (Lipinski definition) is 1. The first-order valence-corrected chi connectivity index (χ1v) is 9.90. The first kappa shape index (κ1) is 17.0. The Balaban J connectivity index is 1.39. The Morgan fingerprint density at radius 1 is 1.12 bits per heavy atom. The maximum absolute atomic E-state index is 12.6. The van der Waals surface area contributed by atoms with Crippen LogP contribution in [0.5, 0.6) is 0 Å². The summed E-state index contributed by atoms with van der Waals surface area (Å²) >= 11 is 1.73. The molecule has 0 bridgehead atoms. The van der Waals surface area contributed by atoms with Gasteiger partial charge in [0, 0.05) is 24.7 Å². The zero-order valence-corrected chi connectivity index (χ0v) is 16.0. The number of piperidine rings is 1. The molecule has 134 valence electrons. The summed E-state index contributed by atoms with van der Waals surface area (Å²) in [5.74, 6) is 0.209. The lowest BCUT2D eigenvalue weighted by Gasteiger charge is -2.31. The average molecular weight is 366 g/mol. The second-order valence-corrected chi connectivity index (χ2v) is 8.10. The number of benzene rings is 2. The minimum atomic E-state index is 0.0708. The van der Waals surface area contributed by atoms with E-state index in [9.17, 15) is 4.79 Å². The molecule has 26 heavy (non-hydrogen) atoms. The normalized spacial score (nSPS) is 15.4. The third-order valence-corrected chi connectivity index (χ3v) is 6.01. The summed E-state index contributed by atoms with van der Waals surface area (Å²) in [5, 5.41) is 4.17. The topological polar surface area (TPSA) is 45.2 Å². The van der Waals surface area contributed by atoms with Gasteiger partial charge in [0.15, 0.2) is 5.13 Å².